The number of aryl methyl sites for hydroxylation is 2. The summed E-state index contributed by atoms with van der Waals surface area (Å²) in [4.78, 5) is 29.8. The third-order valence-corrected chi connectivity index (χ3v) is 5.52. The molecule has 0 aliphatic carbocycles. The normalized spacial score (nSPS) is 10.9. The van der Waals surface area contributed by atoms with Gasteiger partial charge < -0.3 is 5.32 Å². The molecule has 0 bridgehead atoms. The van der Waals surface area contributed by atoms with Crippen molar-refractivity contribution in [3.63, 3.8) is 0 Å². The van der Waals surface area contributed by atoms with Crippen molar-refractivity contribution in [3.05, 3.63) is 86.9 Å². The van der Waals surface area contributed by atoms with E-state index in [9.17, 15) is 14.0 Å². The van der Waals surface area contributed by atoms with Crippen LogP contribution in [0.2, 0.25) is 0 Å². The molecule has 0 fully saturated rings. The standard InChI is InChI=1S/C22H19FN4O2S/c1-13-3-5-15(6-4-13)19-12-30-22(25-19)27-21(29)18(14(2)26-27)11-20(28)24-17-9-7-16(23)8-10-17/h3-10,12,26H,11H2,1-2H3,(H,24,28). The number of H-pyrrole nitrogens is 1. The number of nitrogens with zero attached hydrogens (tertiary/aromatic N) is 2. The molecule has 0 unspecified atom stereocenters. The first-order valence-corrected chi connectivity index (χ1v) is 10.2. The predicted molar refractivity (Wildman–Crippen MR) is 116 cm³/mol. The zero-order chi connectivity index (χ0) is 21.3. The van der Waals surface area contributed by atoms with Gasteiger partial charge >= 0.3 is 0 Å². The molecule has 0 atom stereocenters. The lowest BCUT2D eigenvalue weighted by Crippen LogP contribution is -2.22. The summed E-state index contributed by atoms with van der Waals surface area (Å²) >= 11 is 1.35. The van der Waals surface area contributed by atoms with Crippen molar-refractivity contribution in [1.29, 1.82) is 0 Å². The Hall–Kier alpha value is -3.52. The molecule has 0 aliphatic heterocycles. The van der Waals surface area contributed by atoms with Crippen molar-refractivity contribution in [2.24, 2.45) is 0 Å². The van der Waals surface area contributed by atoms with Crippen LogP contribution in [0.4, 0.5) is 10.1 Å². The number of thiazole rings is 1. The summed E-state index contributed by atoms with van der Waals surface area (Å²) in [5, 5.41) is 8.07. The topological polar surface area (TPSA) is 79.8 Å². The van der Waals surface area contributed by atoms with Crippen LogP contribution in [0, 0.1) is 19.7 Å². The molecule has 0 spiro atoms. The first kappa shape index (κ1) is 19.8. The Morgan fingerprint density at radius 1 is 1.13 bits per heavy atom. The zero-order valence-corrected chi connectivity index (χ0v) is 17.2. The molecule has 2 N–H and O–H groups in total. The quantitative estimate of drug-likeness (QED) is 0.505. The number of rotatable bonds is 5. The van der Waals surface area contributed by atoms with Gasteiger partial charge in [-0.15, -0.1) is 11.3 Å². The number of benzene rings is 2. The summed E-state index contributed by atoms with van der Waals surface area (Å²) < 4.78 is 14.4. The number of carbonyl (C=O) groups is 1. The highest BCUT2D eigenvalue weighted by Gasteiger charge is 2.18. The number of carbonyl (C=O) groups excluding carboxylic acids is 1. The Labute approximate surface area is 176 Å². The lowest BCUT2D eigenvalue weighted by atomic mass is 10.1. The van der Waals surface area contributed by atoms with E-state index in [1.54, 1.807) is 6.92 Å². The van der Waals surface area contributed by atoms with Gasteiger partial charge in [-0.05, 0) is 38.1 Å². The molecule has 6 nitrogen and oxygen atoms in total. The number of anilines is 1. The summed E-state index contributed by atoms with van der Waals surface area (Å²) in [5.41, 5.74) is 4.03. The van der Waals surface area contributed by atoms with Gasteiger partial charge in [0, 0.05) is 27.9 Å². The van der Waals surface area contributed by atoms with Crippen molar-refractivity contribution in [1.82, 2.24) is 14.8 Å². The summed E-state index contributed by atoms with van der Waals surface area (Å²) in [7, 11) is 0. The van der Waals surface area contributed by atoms with Crippen LogP contribution in [0.5, 0.6) is 0 Å². The molecule has 1 amide bonds. The molecule has 0 saturated carbocycles. The fourth-order valence-electron chi connectivity index (χ4n) is 3.05. The first-order valence-electron chi connectivity index (χ1n) is 9.29. The van der Waals surface area contributed by atoms with E-state index < -0.39 is 0 Å². The van der Waals surface area contributed by atoms with Crippen LogP contribution < -0.4 is 10.9 Å². The van der Waals surface area contributed by atoms with E-state index in [0.29, 0.717) is 22.1 Å². The molecule has 30 heavy (non-hydrogen) atoms. The molecule has 2 heterocycles. The average Bonchev–Trinajstić information content (AvgIpc) is 3.31. The average molecular weight is 422 g/mol. The van der Waals surface area contributed by atoms with Gasteiger partial charge in [-0.25, -0.2) is 9.37 Å². The lowest BCUT2D eigenvalue weighted by molar-refractivity contribution is -0.115. The Morgan fingerprint density at radius 3 is 2.53 bits per heavy atom. The predicted octanol–water partition coefficient (Wildman–Crippen LogP) is 4.23. The van der Waals surface area contributed by atoms with E-state index in [0.717, 1.165) is 16.8 Å². The second kappa shape index (κ2) is 8.08. The van der Waals surface area contributed by atoms with Gasteiger partial charge in [-0.2, -0.15) is 4.68 Å². The Balaban J connectivity index is 1.55. The molecular weight excluding hydrogens is 403 g/mol. The van der Waals surface area contributed by atoms with E-state index in [4.69, 9.17) is 0 Å². The third kappa shape index (κ3) is 4.08. The van der Waals surface area contributed by atoms with Crippen LogP contribution >= 0.6 is 11.3 Å². The minimum Gasteiger partial charge on any atom is -0.326 e. The van der Waals surface area contributed by atoms with Crippen LogP contribution in [0.1, 0.15) is 16.8 Å². The molecule has 2 aromatic carbocycles. The fraction of sp³-hybridized carbons (Fsp3) is 0.136. The Kier molecular flexibility index (Phi) is 5.33. The monoisotopic (exact) mass is 422 g/mol. The number of amides is 1. The van der Waals surface area contributed by atoms with Gasteiger partial charge in [0.05, 0.1) is 12.1 Å². The minimum atomic E-state index is -0.384. The summed E-state index contributed by atoms with van der Waals surface area (Å²) in [6.07, 6.45) is -0.0955. The van der Waals surface area contributed by atoms with Crippen LogP contribution in [0.15, 0.2) is 58.7 Å². The van der Waals surface area contributed by atoms with Gasteiger partial charge in [-0.3, -0.25) is 14.7 Å². The second-order valence-corrected chi connectivity index (χ2v) is 7.81. The molecule has 8 heteroatoms. The maximum atomic E-state index is 13.0. The fourth-order valence-corrected chi connectivity index (χ4v) is 3.84. The van der Waals surface area contributed by atoms with Crippen molar-refractivity contribution in [3.8, 4) is 16.4 Å². The third-order valence-electron chi connectivity index (χ3n) is 4.69. The van der Waals surface area contributed by atoms with Crippen LogP contribution in [0.25, 0.3) is 16.4 Å². The highest BCUT2D eigenvalue weighted by atomic mass is 32.1. The van der Waals surface area contributed by atoms with Gasteiger partial charge in [0.1, 0.15) is 5.82 Å². The summed E-state index contributed by atoms with van der Waals surface area (Å²) in [6.45, 7) is 3.76. The maximum absolute atomic E-state index is 13.0. The Morgan fingerprint density at radius 2 is 1.83 bits per heavy atom. The number of aromatic amines is 1. The van der Waals surface area contributed by atoms with E-state index >= 15 is 0 Å². The number of halogens is 1. The van der Waals surface area contributed by atoms with Crippen molar-refractivity contribution >= 4 is 22.9 Å². The van der Waals surface area contributed by atoms with E-state index in [1.165, 1.54) is 40.3 Å². The number of nitrogens with one attached hydrogen (secondary N) is 2. The summed E-state index contributed by atoms with van der Waals surface area (Å²) in [6, 6.07) is 13.5. The minimum absolute atomic E-state index is 0.0955. The van der Waals surface area contributed by atoms with Crippen LogP contribution in [-0.2, 0) is 11.2 Å². The number of hydrogen-bond acceptors (Lipinski definition) is 4. The van der Waals surface area contributed by atoms with Crippen LogP contribution in [-0.4, -0.2) is 20.7 Å². The van der Waals surface area contributed by atoms with Crippen molar-refractivity contribution in [2.75, 3.05) is 5.32 Å². The zero-order valence-electron chi connectivity index (χ0n) is 16.4. The molecule has 4 aromatic rings. The smallest absolute Gasteiger partial charge is 0.277 e. The second-order valence-electron chi connectivity index (χ2n) is 6.97. The van der Waals surface area contributed by atoms with Gasteiger partial charge in [-0.1, -0.05) is 29.8 Å². The molecule has 0 saturated heterocycles. The van der Waals surface area contributed by atoms with E-state index in [1.807, 2.05) is 36.6 Å². The maximum Gasteiger partial charge on any atom is 0.277 e. The number of aromatic nitrogens is 3. The van der Waals surface area contributed by atoms with Crippen molar-refractivity contribution < 1.29 is 9.18 Å². The highest BCUT2D eigenvalue weighted by Crippen LogP contribution is 2.24. The van der Waals surface area contributed by atoms with Gasteiger partial charge in [0.15, 0.2) is 0 Å². The highest BCUT2D eigenvalue weighted by molar-refractivity contribution is 7.12. The van der Waals surface area contributed by atoms with E-state index in [-0.39, 0.29) is 23.7 Å². The largest absolute Gasteiger partial charge is 0.326 e. The Bertz CT molecular complexity index is 1250. The molecule has 152 valence electrons. The van der Waals surface area contributed by atoms with Gasteiger partial charge in [0.25, 0.3) is 5.56 Å². The van der Waals surface area contributed by atoms with Crippen LogP contribution in [0.3, 0.4) is 0 Å². The molecule has 4 rings (SSSR count). The molecule has 0 aliphatic rings. The first-order chi connectivity index (χ1) is 14.4. The number of hydrogen-bond donors (Lipinski definition) is 2. The van der Waals surface area contributed by atoms with Crippen molar-refractivity contribution in [2.45, 2.75) is 20.3 Å². The molecular formula is C22H19FN4O2S. The van der Waals surface area contributed by atoms with Gasteiger partial charge in [0.2, 0.25) is 11.0 Å². The van der Waals surface area contributed by atoms with E-state index in [2.05, 4.69) is 15.4 Å². The SMILES string of the molecule is Cc1ccc(-c2csc(-n3[nH]c(C)c(CC(=O)Nc4ccc(F)cc4)c3=O)n2)cc1. The molecule has 0 radical (unpaired) electrons. The lowest BCUT2D eigenvalue weighted by Gasteiger charge is -2.04. The summed E-state index contributed by atoms with van der Waals surface area (Å²) in [5.74, 6) is -0.738. The molecule has 2 aromatic heterocycles.